The molecule has 0 heterocycles. The van der Waals surface area contributed by atoms with Gasteiger partial charge in [0.15, 0.2) is 0 Å². The lowest BCUT2D eigenvalue weighted by atomic mass is 9.77. The SMILES string of the molecule is FC(F)(F)c1cccc(CCNCc2ccc(C3(F)CCC3)cc2)c1. The molecule has 25 heavy (non-hydrogen) atoms. The lowest BCUT2D eigenvalue weighted by molar-refractivity contribution is -0.137. The molecule has 1 aliphatic rings. The molecule has 3 rings (SSSR count). The number of halogens is 4. The van der Waals surface area contributed by atoms with Gasteiger partial charge in [0.2, 0.25) is 0 Å². The highest BCUT2D eigenvalue weighted by molar-refractivity contribution is 5.29. The zero-order valence-electron chi connectivity index (χ0n) is 13.9. The highest BCUT2D eigenvalue weighted by atomic mass is 19.4. The van der Waals surface area contributed by atoms with Crippen LogP contribution in [-0.4, -0.2) is 6.54 Å². The number of alkyl halides is 4. The summed E-state index contributed by atoms with van der Waals surface area (Å²) in [5.74, 6) is 0. The van der Waals surface area contributed by atoms with E-state index in [9.17, 15) is 17.6 Å². The molecule has 0 atom stereocenters. The van der Waals surface area contributed by atoms with Crippen molar-refractivity contribution < 1.29 is 17.6 Å². The Morgan fingerprint density at radius 3 is 2.28 bits per heavy atom. The highest BCUT2D eigenvalue weighted by Gasteiger charge is 2.38. The van der Waals surface area contributed by atoms with Crippen LogP contribution < -0.4 is 5.32 Å². The number of benzene rings is 2. The van der Waals surface area contributed by atoms with Crippen molar-refractivity contribution in [3.8, 4) is 0 Å². The Morgan fingerprint density at radius 1 is 0.960 bits per heavy atom. The normalized spacial score (nSPS) is 16.5. The second-order valence-corrected chi connectivity index (χ2v) is 6.64. The number of hydrogen-bond donors (Lipinski definition) is 1. The Hall–Kier alpha value is -1.88. The van der Waals surface area contributed by atoms with Crippen molar-refractivity contribution in [1.29, 1.82) is 0 Å². The second kappa shape index (κ2) is 7.16. The van der Waals surface area contributed by atoms with Crippen LogP contribution in [0, 0.1) is 0 Å². The molecule has 0 spiro atoms. The molecule has 1 saturated carbocycles. The topological polar surface area (TPSA) is 12.0 Å². The van der Waals surface area contributed by atoms with Crippen molar-refractivity contribution >= 4 is 0 Å². The van der Waals surface area contributed by atoms with Gasteiger partial charge >= 0.3 is 6.18 Å². The maximum atomic E-state index is 14.3. The maximum Gasteiger partial charge on any atom is 0.416 e. The summed E-state index contributed by atoms with van der Waals surface area (Å²) in [5.41, 5.74) is 0.677. The molecule has 2 aromatic rings. The van der Waals surface area contributed by atoms with Gasteiger partial charge in [0.05, 0.1) is 5.56 Å². The van der Waals surface area contributed by atoms with E-state index in [1.54, 1.807) is 6.07 Å². The minimum Gasteiger partial charge on any atom is -0.312 e. The van der Waals surface area contributed by atoms with Crippen molar-refractivity contribution in [3.63, 3.8) is 0 Å². The molecule has 0 bridgehead atoms. The Labute approximate surface area is 145 Å². The lowest BCUT2D eigenvalue weighted by Gasteiger charge is -2.34. The average molecular weight is 351 g/mol. The summed E-state index contributed by atoms with van der Waals surface area (Å²) in [6.07, 6.45) is -1.65. The molecule has 0 saturated heterocycles. The largest absolute Gasteiger partial charge is 0.416 e. The fourth-order valence-electron chi connectivity index (χ4n) is 3.07. The van der Waals surface area contributed by atoms with E-state index in [2.05, 4.69) is 5.32 Å². The molecule has 1 N–H and O–H groups in total. The van der Waals surface area contributed by atoms with Gasteiger partial charge in [-0.3, -0.25) is 0 Å². The molecule has 0 aliphatic heterocycles. The van der Waals surface area contributed by atoms with Gasteiger partial charge in [-0.25, -0.2) is 4.39 Å². The summed E-state index contributed by atoms with van der Waals surface area (Å²) < 4.78 is 52.3. The summed E-state index contributed by atoms with van der Waals surface area (Å²) >= 11 is 0. The van der Waals surface area contributed by atoms with Crippen LogP contribution >= 0.6 is 0 Å². The van der Waals surface area contributed by atoms with Crippen LogP contribution in [0.4, 0.5) is 17.6 Å². The second-order valence-electron chi connectivity index (χ2n) is 6.64. The molecule has 2 aromatic carbocycles. The summed E-state index contributed by atoms with van der Waals surface area (Å²) in [6.45, 7) is 1.19. The van der Waals surface area contributed by atoms with Gasteiger partial charge in [0.1, 0.15) is 5.67 Å². The van der Waals surface area contributed by atoms with Crippen LogP contribution in [0.3, 0.4) is 0 Å². The minimum absolute atomic E-state index is 0.523. The monoisotopic (exact) mass is 351 g/mol. The van der Waals surface area contributed by atoms with E-state index in [0.717, 1.165) is 23.6 Å². The minimum atomic E-state index is -4.31. The maximum absolute atomic E-state index is 14.3. The lowest BCUT2D eigenvalue weighted by Crippen LogP contribution is -2.28. The molecule has 0 aromatic heterocycles. The number of hydrogen-bond acceptors (Lipinski definition) is 1. The molecule has 0 amide bonds. The zero-order chi connectivity index (χ0) is 17.9. The van der Waals surface area contributed by atoms with Crippen LogP contribution in [0.15, 0.2) is 48.5 Å². The first-order chi connectivity index (χ1) is 11.9. The summed E-state index contributed by atoms with van der Waals surface area (Å²) in [6, 6.07) is 12.9. The zero-order valence-corrected chi connectivity index (χ0v) is 13.9. The van der Waals surface area contributed by atoms with E-state index < -0.39 is 17.4 Å². The summed E-state index contributed by atoms with van der Waals surface area (Å²) in [7, 11) is 0. The number of rotatable bonds is 6. The third-order valence-electron chi connectivity index (χ3n) is 4.79. The molecular weight excluding hydrogens is 330 g/mol. The van der Waals surface area contributed by atoms with Gasteiger partial charge in [0.25, 0.3) is 0 Å². The Balaban J connectivity index is 1.47. The van der Waals surface area contributed by atoms with E-state index in [0.29, 0.717) is 37.9 Å². The quantitative estimate of drug-likeness (QED) is 0.544. The van der Waals surface area contributed by atoms with Gasteiger partial charge in [-0.05, 0) is 55.0 Å². The van der Waals surface area contributed by atoms with Crippen molar-refractivity contribution in [2.24, 2.45) is 0 Å². The van der Waals surface area contributed by atoms with Gasteiger partial charge < -0.3 is 5.32 Å². The third-order valence-corrected chi connectivity index (χ3v) is 4.79. The summed E-state index contributed by atoms with van der Waals surface area (Å²) in [4.78, 5) is 0. The van der Waals surface area contributed by atoms with Crippen LogP contribution in [0.25, 0.3) is 0 Å². The molecule has 134 valence electrons. The van der Waals surface area contributed by atoms with Crippen LogP contribution in [0.5, 0.6) is 0 Å². The number of nitrogens with one attached hydrogen (secondary N) is 1. The molecule has 1 fully saturated rings. The fourth-order valence-corrected chi connectivity index (χ4v) is 3.07. The predicted octanol–water partition coefficient (Wildman–Crippen LogP) is 5.39. The van der Waals surface area contributed by atoms with Crippen LogP contribution in [0.1, 0.15) is 41.5 Å². The molecule has 0 unspecified atom stereocenters. The van der Waals surface area contributed by atoms with Gasteiger partial charge in [-0.2, -0.15) is 13.2 Å². The van der Waals surface area contributed by atoms with E-state index >= 15 is 0 Å². The van der Waals surface area contributed by atoms with Gasteiger partial charge in [-0.15, -0.1) is 0 Å². The van der Waals surface area contributed by atoms with Crippen LogP contribution in [0.2, 0.25) is 0 Å². The van der Waals surface area contributed by atoms with Crippen LogP contribution in [-0.2, 0) is 24.8 Å². The highest BCUT2D eigenvalue weighted by Crippen LogP contribution is 2.44. The van der Waals surface area contributed by atoms with Gasteiger partial charge in [0, 0.05) is 6.54 Å². The smallest absolute Gasteiger partial charge is 0.312 e. The standard InChI is InChI=1S/C20H21F4N/c21-19(10-2-11-19)17-7-5-16(6-8-17)14-25-12-9-15-3-1-4-18(13-15)20(22,23)24/h1,3-8,13,25H,2,9-12,14H2. The van der Waals surface area contributed by atoms with E-state index in [4.69, 9.17) is 0 Å². The summed E-state index contributed by atoms with van der Waals surface area (Å²) in [5, 5.41) is 3.22. The van der Waals surface area contributed by atoms with Crippen molar-refractivity contribution in [3.05, 3.63) is 70.8 Å². The van der Waals surface area contributed by atoms with Gasteiger partial charge in [-0.1, -0.05) is 42.5 Å². The molecule has 5 heteroatoms. The first-order valence-corrected chi connectivity index (χ1v) is 8.52. The van der Waals surface area contributed by atoms with Crippen molar-refractivity contribution in [2.45, 2.75) is 44.1 Å². The molecule has 1 aliphatic carbocycles. The van der Waals surface area contributed by atoms with Crippen molar-refractivity contribution in [1.82, 2.24) is 5.32 Å². The van der Waals surface area contributed by atoms with E-state index in [1.807, 2.05) is 24.3 Å². The average Bonchev–Trinajstić information content (AvgIpc) is 2.57. The van der Waals surface area contributed by atoms with E-state index in [1.165, 1.54) is 12.1 Å². The fraction of sp³-hybridized carbons (Fsp3) is 0.400. The Morgan fingerprint density at radius 2 is 1.68 bits per heavy atom. The molecular formula is C20H21F4N. The predicted molar refractivity (Wildman–Crippen MR) is 89.9 cm³/mol. The molecule has 1 nitrogen and oxygen atoms in total. The molecule has 0 radical (unpaired) electrons. The Bertz CT molecular complexity index is 702. The van der Waals surface area contributed by atoms with Crippen molar-refractivity contribution in [2.75, 3.05) is 6.54 Å². The first-order valence-electron chi connectivity index (χ1n) is 8.52. The Kier molecular flexibility index (Phi) is 5.13. The van der Waals surface area contributed by atoms with E-state index in [-0.39, 0.29) is 0 Å². The first kappa shape index (κ1) is 17.9. The third kappa shape index (κ3) is 4.40.